The van der Waals surface area contributed by atoms with Crippen molar-refractivity contribution in [2.75, 3.05) is 6.54 Å². The summed E-state index contributed by atoms with van der Waals surface area (Å²) >= 11 is 3.03. The van der Waals surface area contributed by atoms with Crippen molar-refractivity contribution < 1.29 is 9.59 Å². The van der Waals surface area contributed by atoms with Crippen molar-refractivity contribution >= 4 is 28.0 Å². The predicted molar refractivity (Wildman–Crippen MR) is 47.3 cm³/mol. The Morgan fingerprint density at radius 3 is 2.42 bits per heavy atom. The van der Waals surface area contributed by atoms with Gasteiger partial charge in [0.2, 0.25) is 0 Å². The molecule has 0 heterocycles. The lowest BCUT2D eigenvalue weighted by Crippen LogP contribution is -2.49. The van der Waals surface area contributed by atoms with Gasteiger partial charge in [-0.25, -0.2) is 20.4 Å². The zero-order chi connectivity index (χ0) is 9.56. The van der Waals surface area contributed by atoms with Crippen LogP contribution in [-0.4, -0.2) is 18.6 Å². The maximum Gasteiger partial charge on any atom is 0.333 e. The summed E-state index contributed by atoms with van der Waals surface area (Å²) in [6, 6.07) is -1.39. The molecule has 4 amide bonds. The molecule has 0 radical (unpaired) electrons. The number of nitrogens with one attached hydrogen (secondary N) is 3. The minimum atomic E-state index is -0.831. The molecule has 68 valence electrons. The summed E-state index contributed by atoms with van der Waals surface area (Å²) in [7, 11) is 0. The molecule has 7 heteroatoms. The summed E-state index contributed by atoms with van der Waals surface area (Å²) in [5.41, 5.74) is 8.58. The van der Waals surface area contributed by atoms with E-state index in [-0.39, 0.29) is 6.54 Å². The zero-order valence-electron chi connectivity index (χ0n) is 6.19. The molecule has 0 aromatic rings. The summed E-state index contributed by atoms with van der Waals surface area (Å²) in [6.45, 7) is 3.75. The number of halogens is 1. The van der Waals surface area contributed by atoms with Crippen molar-refractivity contribution in [3.63, 3.8) is 0 Å². The number of amides is 4. The highest BCUT2D eigenvalue weighted by Crippen LogP contribution is 1.95. The number of carbonyl (C=O) groups excluding carboxylic acids is 2. The second kappa shape index (κ2) is 5.42. The first-order valence-electron chi connectivity index (χ1n) is 2.95. The summed E-state index contributed by atoms with van der Waals surface area (Å²) in [4.78, 5) is 20.8. The molecule has 0 aromatic heterocycles. The van der Waals surface area contributed by atoms with Gasteiger partial charge in [-0.1, -0.05) is 22.5 Å². The molecular weight excluding hydrogens is 228 g/mol. The lowest BCUT2D eigenvalue weighted by Gasteiger charge is -2.05. The van der Waals surface area contributed by atoms with Gasteiger partial charge in [-0.2, -0.15) is 0 Å². The minimum Gasteiger partial charge on any atom is -0.350 e. The van der Waals surface area contributed by atoms with Gasteiger partial charge in [0, 0.05) is 4.48 Å². The van der Waals surface area contributed by atoms with Crippen LogP contribution in [0, 0.1) is 0 Å². The smallest absolute Gasteiger partial charge is 0.333 e. The molecule has 0 rings (SSSR count). The van der Waals surface area contributed by atoms with E-state index in [2.05, 4.69) is 33.6 Å². The summed E-state index contributed by atoms with van der Waals surface area (Å²) in [5, 5.41) is 2.37. The molecule has 0 aliphatic rings. The third-order valence-electron chi connectivity index (χ3n) is 0.740. The van der Waals surface area contributed by atoms with Crippen molar-refractivity contribution in [2.45, 2.75) is 0 Å². The normalized spacial score (nSPS) is 8.42. The van der Waals surface area contributed by atoms with Crippen LogP contribution in [0.1, 0.15) is 0 Å². The maximum absolute atomic E-state index is 10.7. The number of hydrogen-bond acceptors (Lipinski definition) is 2. The number of nitrogens with two attached hydrogens (primary N) is 1. The third-order valence-corrected chi connectivity index (χ3v) is 1.02. The van der Waals surface area contributed by atoms with E-state index in [0.29, 0.717) is 4.48 Å². The second-order valence-electron chi connectivity index (χ2n) is 1.81. The molecular formula is C5H9BrN4O2. The highest BCUT2D eigenvalue weighted by atomic mass is 79.9. The number of hydrogen-bond donors (Lipinski definition) is 4. The third kappa shape index (κ3) is 6.87. The first-order valence-corrected chi connectivity index (χ1v) is 3.74. The van der Waals surface area contributed by atoms with E-state index in [1.54, 1.807) is 0 Å². The molecule has 0 bridgehead atoms. The van der Waals surface area contributed by atoms with E-state index in [1.807, 2.05) is 10.9 Å². The van der Waals surface area contributed by atoms with E-state index < -0.39 is 12.1 Å². The molecule has 0 spiro atoms. The van der Waals surface area contributed by atoms with E-state index in [1.165, 1.54) is 0 Å². The van der Waals surface area contributed by atoms with Crippen LogP contribution in [0.2, 0.25) is 0 Å². The predicted octanol–water partition coefficient (Wildman–Crippen LogP) is -0.222. The minimum absolute atomic E-state index is 0.270. The topological polar surface area (TPSA) is 96.2 Å². The maximum atomic E-state index is 10.7. The van der Waals surface area contributed by atoms with Crippen molar-refractivity contribution in [1.82, 2.24) is 16.2 Å². The molecule has 0 atom stereocenters. The number of rotatable bonds is 2. The van der Waals surface area contributed by atoms with Crippen LogP contribution in [0.3, 0.4) is 0 Å². The number of urea groups is 2. The fourth-order valence-electron chi connectivity index (χ4n) is 0.339. The van der Waals surface area contributed by atoms with Crippen LogP contribution in [0.25, 0.3) is 0 Å². The fourth-order valence-corrected chi connectivity index (χ4v) is 0.479. The Hall–Kier alpha value is -1.24. The number of primary amides is 1. The summed E-state index contributed by atoms with van der Waals surface area (Å²) in [6.07, 6.45) is 0. The Kier molecular flexibility index (Phi) is 4.86. The molecule has 0 unspecified atom stereocenters. The Balaban J connectivity index is 3.47. The van der Waals surface area contributed by atoms with Gasteiger partial charge in [0.15, 0.2) is 0 Å². The van der Waals surface area contributed by atoms with Crippen LogP contribution < -0.4 is 21.9 Å². The molecule has 5 N–H and O–H groups in total. The first kappa shape index (κ1) is 10.8. The standard InChI is InChI=1S/C5H9BrN4O2/c1-3(6)2-8-5(12)10-9-4(7)11/h1-2H2,(H3,7,9,11)(H2,8,10,12). The van der Waals surface area contributed by atoms with Crippen LogP contribution in [-0.2, 0) is 0 Å². The van der Waals surface area contributed by atoms with Gasteiger partial charge < -0.3 is 11.1 Å². The lowest BCUT2D eigenvalue weighted by molar-refractivity contribution is 0.229. The molecule has 0 fully saturated rings. The number of hydrazine groups is 1. The van der Waals surface area contributed by atoms with Crippen molar-refractivity contribution in [3.8, 4) is 0 Å². The fraction of sp³-hybridized carbons (Fsp3) is 0.200. The molecule has 0 aliphatic heterocycles. The van der Waals surface area contributed by atoms with Crippen LogP contribution >= 0.6 is 15.9 Å². The SMILES string of the molecule is C=C(Br)CNC(=O)NNC(N)=O. The Morgan fingerprint density at radius 1 is 1.42 bits per heavy atom. The van der Waals surface area contributed by atoms with Gasteiger partial charge in [-0.3, -0.25) is 0 Å². The van der Waals surface area contributed by atoms with Gasteiger partial charge >= 0.3 is 12.1 Å². The summed E-state index contributed by atoms with van der Waals surface area (Å²) < 4.78 is 0.622. The largest absolute Gasteiger partial charge is 0.350 e. The van der Waals surface area contributed by atoms with Gasteiger partial charge in [0.05, 0.1) is 6.54 Å². The van der Waals surface area contributed by atoms with Crippen molar-refractivity contribution in [2.24, 2.45) is 5.73 Å². The summed E-state index contributed by atoms with van der Waals surface area (Å²) in [5.74, 6) is 0. The van der Waals surface area contributed by atoms with E-state index in [4.69, 9.17) is 0 Å². The van der Waals surface area contributed by atoms with Crippen LogP contribution in [0.15, 0.2) is 11.1 Å². The molecule has 0 aliphatic carbocycles. The average Bonchev–Trinajstić information content (AvgIpc) is 1.96. The number of carbonyl (C=O) groups is 2. The molecule has 6 nitrogen and oxygen atoms in total. The van der Waals surface area contributed by atoms with Crippen LogP contribution in [0.5, 0.6) is 0 Å². The molecule has 0 aromatic carbocycles. The second-order valence-corrected chi connectivity index (χ2v) is 2.94. The highest BCUT2D eigenvalue weighted by Gasteiger charge is 1.98. The van der Waals surface area contributed by atoms with Gasteiger partial charge in [-0.15, -0.1) is 0 Å². The van der Waals surface area contributed by atoms with E-state index in [0.717, 1.165) is 0 Å². The van der Waals surface area contributed by atoms with E-state index in [9.17, 15) is 9.59 Å². The van der Waals surface area contributed by atoms with Gasteiger partial charge in [0.25, 0.3) is 0 Å². The quantitative estimate of drug-likeness (QED) is 0.499. The monoisotopic (exact) mass is 236 g/mol. The molecule has 0 saturated carbocycles. The highest BCUT2D eigenvalue weighted by molar-refractivity contribution is 9.11. The van der Waals surface area contributed by atoms with Gasteiger partial charge in [0.1, 0.15) is 0 Å². The first-order chi connectivity index (χ1) is 5.52. The van der Waals surface area contributed by atoms with Gasteiger partial charge in [-0.05, 0) is 0 Å². The van der Waals surface area contributed by atoms with Crippen molar-refractivity contribution in [3.05, 3.63) is 11.1 Å². The Labute approximate surface area is 77.7 Å². The molecule has 12 heavy (non-hydrogen) atoms. The Morgan fingerprint density at radius 2 is 2.00 bits per heavy atom. The Bertz CT molecular complexity index is 186. The van der Waals surface area contributed by atoms with Crippen molar-refractivity contribution in [1.29, 1.82) is 0 Å². The van der Waals surface area contributed by atoms with E-state index >= 15 is 0 Å². The zero-order valence-corrected chi connectivity index (χ0v) is 7.77. The average molecular weight is 237 g/mol. The molecule has 0 saturated heterocycles. The lowest BCUT2D eigenvalue weighted by atomic mass is 10.6. The van der Waals surface area contributed by atoms with Crippen LogP contribution in [0.4, 0.5) is 9.59 Å².